The number of nitrogens with zero attached hydrogens (tertiary/aromatic N) is 2. The van der Waals surface area contributed by atoms with Crippen LogP contribution >= 0.6 is 0 Å². The van der Waals surface area contributed by atoms with Gasteiger partial charge in [-0.1, -0.05) is 6.42 Å². The molecular weight excluding hydrogens is 244 g/mol. The highest BCUT2D eigenvalue weighted by Crippen LogP contribution is 2.18. The van der Waals surface area contributed by atoms with E-state index in [0.717, 1.165) is 42.9 Å². The van der Waals surface area contributed by atoms with E-state index in [1.54, 1.807) is 0 Å². The molecule has 1 amide bonds. The Morgan fingerprint density at radius 2 is 2.32 bits per heavy atom. The van der Waals surface area contributed by atoms with Crippen molar-refractivity contribution in [2.45, 2.75) is 39.2 Å². The summed E-state index contributed by atoms with van der Waals surface area (Å²) < 4.78 is 0. The standard InChI is InChI=1S/C13H22N4O2/c1-9-13(10(2)16-15-9)14-12(19)7-17-6-4-3-5-11(17)8-18/h11,18H,3-8H2,1-2H3,(H,14,19)(H,15,16). The minimum atomic E-state index is -0.0482. The van der Waals surface area contributed by atoms with Gasteiger partial charge in [-0.3, -0.25) is 14.8 Å². The average Bonchev–Trinajstić information content (AvgIpc) is 2.71. The van der Waals surface area contributed by atoms with Gasteiger partial charge in [0.05, 0.1) is 30.2 Å². The van der Waals surface area contributed by atoms with Gasteiger partial charge in [-0.05, 0) is 33.2 Å². The fraction of sp³-hybridized carbons (Fsp3) is 0.692. The third kappa shape index (κ3) is 3.33. The van der Waals surface area contributed by atoms with Gasteiger partial charge >= 0.3 is 0 Å². The molecule has 1 aliphatic heterocycles. The first-order chi connectivity index (χ1) is 9.11. The average molecular weight is 266 g/mol. The zero-order valence-electron chi connectivity index (χ0n) is 11.6. The largest absolute Gasteiger partial charge is 0.395 e. The monoisotopic (exact) mass is 266 g/mol. The summed E-state index contributed by atoms with van der Waals surface area (Å²) in [5.74, 6) is -0.0482. The highest BCUT2D eigenvalue weighted by Gasteiger charge is 2.24. The van der Waals surface area contributed by atoms with Crippen molar-refractivity contribution in [1.82, 2.24) is 15.1 Å². The van der Waals surface area contributed by atoms with Gasteiger partial charge < -0.3 is 10.4 Å². The summed E-state index contributed by atoms with van der Waals surface area (Å²) in [4.78, 5) is 14.1. The van der Waals surface area contributed by atoms with Gasteiger partial charge in [-0.25, -0.2) is 0 Å². The Kier molecular flexibility index (Phi) is 4.55. The number of rotatable bonds is 4. The van der Waals surface area contributed by atoms with Gasteiger partial charge in [0.15, 0.2) is 0 Å². The van der Waals surface area contributed by atoms with Crippen molar-refractivity contribution in [3.05, 3.63) is 11.4 Å². The molecule has 6 heteroatoms. The van der Waals surface area contributed by atoms with Gasteiger partial charge in [0.2, 0.25) is 5.91 Å². The Balaban J connectivity index is 1.93. The first kappa shape index (κ1) is 14.0. The molecule has 1 unspecified atom stereocenters. The molecule has 1 aromatic rings. The molecule has 3 N–H and O–H groups in total. The number of amides is 1. The van der Waals surface area contributed by atoms with Crippen molar-refractivity contribution in [1.29, 1.82) is 0 Å². The lowest BCUT2D eigenvalue weighted by atomic mass is 10.0. The molecule has 0 aliphatic carbocycles. The highest BCUT2D eigenvalue weighted by molar-refractivity contribution is 5.93. The van der Waals surface area contributed by atoms with E-state index in [4.69, 9.17) is 0 Å². The number of hydrogen-bond acceptors (Lipinski definition) is 4. The van der Waals surface area contributed by atoms with Crippen LogP contribution in [0, 0.1) is 13.8 Å². The maximum Gasteiger partial charge on any atom is 0.238 e. The second-order valence-corrected chi connectivity index (χ2v) is 5.16. The number of aliphatic hydroxyl groups excluding tert-OH is 1. The van der Waals surface area contributed by atoms with Crippen molar-refractivity contribution >= 4 is 11.6 Å². The van der Waals surface area contributed by atoms with E-state index in [1.807, 2.05) is 13.8 Å². The predicted molar refractivity (Wildman–Crippen MR) is 73.0 cm³/mol. The number of piperidine rings is 1. The van der Waals surface area contributed by atoms with Gasteiger partial charge in [-0.2, -0.15) is 5.10 Å². The molecule has 1 fully saturated rings. The van der Waals surface area contributed by atoms with E-state index in [-0.39, 0.29) is 18.6 Å². The van der Waals surface area contributed by atoms with Crippen LogP contribution in [0.5, 0.6) is 0 Å². The zero-order chi connectivity index (χ0) is 13.8. The number of carbonyl (C=O) groups is 1. The number of carbonyl (C=O) groups excluding carboxylic acids is 1. The topological polar surface area (TPSA) is 81.2 Å². The third-order valence-corrected chi connectivity index (χ3v) is 3.70. The molecule has 0 aromatic carbocycles. The highest BCUT2D eigenvalue weighted by atomic mass is 16.3. The quantitative estimate of drug-likeness (QED) is 0.753. The molecule has 106 valence electrons. The molecule has 0 spiro atoms. The van der Waals surface area contributed by atoms with E-state index in [2.05, 4.69) is 20.4 Å². The van der Waals surface area contributed by atoms with Gasteiger partial charge in [0.1, 0.15) is 0 Å². The van der Waals surface area contributed by atoms with Crippen molar-refractivity contribution in [3.63, 3.8) is 0 Å². The van der Waals surface area contributed by atoms with Crippen LogP contribution < -0.4 is 5.32 Å². The number of H-pyrrole nitrogens is 1. The maximum absolute atomic E-state index is 12.1. The van der Waals surface area contributed by atoms with Crippen molar-refractivity contribution < 1.29 is 9.90 Å². The SMILES string of the molecule is Cc1n[nH]c(C)c1NC(=O)CN1CCCCC1CO. The number of nitrogens with one attached hydrogen (secondary N) is 2. The van der Waals surface area contributed by atoms with Crippen molar-refractivity contribution in [2.75, 3.05) is 25.0 Å². The molecule has 1 atom stereocenters. The summed E-state index contributed by atoms with van der Waals surface area (Å²) in [7, 11) is 0. The van der Waals surface area contributed by atoms with E-state index in [1.165, 1.54) is 0 Å². The number of likely N-dealkylation sites (tertiary alicyclic amines) is 1. The van der Waals surface area contributed by atoms with Crippen LogP contribution in [-0.2, 0) is 4.79 Å². The molecule has 2 heterocycles. The molecule has 0 bridgehead atoms. The molecule has 0 saturated carbocycles. The van der Waals surface area contributed by atoms with Gasteiger partial charge in [0, 0.05) is 6.04 Å². The van der Waals surface area contributed by atoms with Crippen LogP contribution in [0.2, 0.25) is 0 Å². The number of aryl methyl sites for hydroxylation is 2. The predicted octanol–water partition coefficient (Wildman–Crippen LogP) is 0.812. The number of anilines is 1. The Hall–Kier alpha value is -1.40. The Morgan fingerprint density at radius 1 is 1.53 bits per heavy atom. The van der Waals surface area contributed by atoms with Crippen LogP contribution in [0.15, 0.2) is 0 Å². The van der Waals surface area contributed by atoms with E-state index < -0.39 is 0 Å². The maximum atomic E-state index is 12.1. The summed E-state index contributed by atoms with van der Waals surface area (Å²) in [6, 6.07) is 0.117. The molecular formula is C13H22N4O2. The van der Waals surface area contributed by atoms with Crippen LogP contribution in [0.4, 0.5) is 5.69 Å². The fourth-order valence-electron chi connectivity index (χ4n) is 2.57. The van der Waals surface area contributed by atoms with E-state index >= 15 is 0 Å². The second kappa shape index (κ2) is 6.16. The molecule has 6 nitrogen and oxygen atoms in total. The van der Waals surface area contributed by atoms with Crippen molar-refractivity contribution in [3.8, 4) is 0 Å². The number of hydrogen-bond donors (Lipinski definition) is 3. The minimum Gasteiger partial charge on any atom is -0.395 e. The van der Waals surface area contributed by atoms with Gasteiger partial charge in [-0.15, -0.1) is 0 Å². The smallest absolute Gasteiger partial charge is 0.238 e. The molecule has 2 rings (SSSR count). The van der Waals surface area contributed by atoms with E-state index in [0.29, 0.717) is 6.54 Å². The van der Waals surface area contributed by atoms with Crippen molar-refractivity contribution in [2.24, 2.45) is 0 Å². The molecule has 1 aliphatic rings. The minimum absolute atomic E-state index is 0.0482. The van der Waals surface area contributed by atoms with Crippen LogP contribution in [0.3, 0.4) is 0 Å². The first-order valence-corrected chi connectivity index (χ1v) is 6.78. The summed E-state index contributed by atoms with van der Waals surface area (Å²) in [6.07, 6.45) is 3.18. The number of aromatic amines is 1. The number of aromatic nitrogens is 2. The lowest BCUT2D eigenvalue weighted by molar-refractivity contribution is -0.118. The zero-order valence-corrected chi connectivity index (χ0v) is 11.6. The van der Waals surface area contributed by atoms with Crippen LogP contribution in [-0.4, -0.2) is 51.8 Å². The Bertz CT molecular complexity index is 424. The normalized spacial score (nSPS) is 20.5. The Labute approximate surface area is 113 Å². The molecule has 1 aromatic heterocycles. The van der Waals surface area contributed by atoms with E-state index in [9.17, 15) is 9.90 Å². The first-order valence-electron chi connectivity index (χ1n) is 6.78. The summed E-state index contributed by atoms with van der Waals surface area (Å²) in [5.41, 5.74) is 2.42. The summed E-state index contributed by atoms with van der Waals surface area (Å²) in [5, 5.41) is 19.1. The Morgan fingerprint density at radius 3 is 2.95 bits per heavy atom. The molecule has 1 saturated heterocycles. The third-order valence-electron chi connectivity index (χ3n) is 3.70. The second-order valence-electron chi connectivity index (χ2n) is 5.16. The molecule has 0 radical (unpaired) electrons. The van der Waals surface area contributed by atoms with Crippen LogP contribution in [0.25, 0.3) is 0 Å². The van der Waals surface area contributed by atoms with Crippen LogP contribution in [0.1, 0.15) is 30.7 Å². The lowest BCUT2D eigenvalue weighted by Crippen LogP contribution is -2.45. The fourth-order valence-corrected chi connectivity index (χ4v) is 2.57. The lowest BCUT2D eigenvalue weighted by Gasteiger charge is -2.33. The summed E-state index contributed by atoms with van der Waals surface area (Å²) in [6.45, 7) is 5.07. The van der Waals surface area contributed by atoms with Gasteiger partial charge in [0.25, 0.3) is 0 Å². The number of aliphatic hydroxyl groups is 1. The summed E-state index contributed by atoms with van der Waals surface area (Å²) >= 11 is 0. The molecule has 19 heavy (non-hydrogen) atoms.